The molecule has 19 heavy (non-hydrogen) atoms. The highest BCUT2D eigenvalue weighted by molar-refractivity contribution is 5.96. The van der Waals surface area contributed by atoms with Crippen molar-refractivity contribution in [3.8, 4) is 0 Å². The Kier molecular flexibility index (Phi) is 6.63. The van der Waals surface area contributed by atoms with Gasteiger partial charge in [-0.25, -0.2) is 9.59 Å². The Labute approximate surface area is 112 Å². The van der Waals surface area contributed by atoms with Gasteiger partial charge in [0.05, 0.1) is 0 Å². The summed E-state index contributed by atoms with van der Waals surface area (Å²) in [5.41, 5.74) is 0. The Morgan fingerprint density at radius 1 is 1.26 bits per heavy atom. The molecular weight excluding hydrogens is 248 g/mol. The van der Waals surface area contributed by atoms with Crippen molar-refractivity contribution >= 4 is 17.9 Å². The van der Waals surface area contributed by atoms with E-state index < -0.39 is 24.5 Å². The number of hydrogen-bond donors (Lipinski definition) is 2. The maximum Gasteiger partial charge on any atom is 0.330 e. The molecule has 6 heteroatoms. The Hall–Kier alpha value is -1.85. The quantitative estimate of drug-likeness (QED) is 0.581. The van der Waals surface area contributed by atoms with Gasteiger partial charge >= 0.3 is 12.0 Å². The zero-order chi connectivity index (χ0) is 14.1. The molecular formula is C13H20N2O4. The largest absolute Gasteiger partial charge is 0.452 e. The summed E-state index contributed by atoms with van der Waals surface area (Å²) >= 11 is 0. The number of hydrogen-bond acceptors (Lipinski definition) is 4. The molecule has 6 nitrogen and oxygen atoms in total. The van der Waals surface area contributed by atoms with Gasteiger partial charge < -0.3 is 10.1 Å². The number of esters is 1. The molecule has 1 aliphatic rings. The standard InChI is InChI=1S/C13H20N2O4/c1-2-3-8-12(17)19-9-11(16)15-13(18)14-10-6-4-5-7-10/h3,8,10H,2,4-7,9H2,1H3,(H2,14,15,16,18)/b8-3+. The van der Waals surface area contributed by atoms with Crippen LogP contribution in [0.1, 0.15) is 39.0 Å². The third-order valence-corrected chi connectivity index (χ3v) is 2.78. The number of amides is 3. The van der Waals surface area contributed by atoms with E-state index in [0.717, 1.165) is 25.7 Å². The summed E-state index contributed by atoms with van der Waals surface area (Å²) in [7, 11) is 0. The summed E-state index contributed by atoms with van der Waals surface area (Å²) in [5, 5.41) is 4.83. The van der Waals surface area contributed by atoms with Crippen molar-refractivity contribution in [3.63, 3.8) is 0 Å². The summed E-state index contributed by atoms with van der Waals surface area (Å²) in [4.78, 5) is 33.8. The zero-order valence-electron chi connectivity index (χ0n) is 11.1. The molecule has 0 heterocycles. The highest BCUT2D eigenvalue weighted by atomic mass is 16.5. The molecule has 1 aliphatic carbocycles. The second kappa shape index (κ2) is 8.29. The number of carbonyl (C=O) groups is 3. The Morgan fingerprint density at radius 3 is 2.58 bits per heavy atom. The van der Waals surface area contributed by atoms with Crippen molar-refractivity contribution in [3.05, 3.63) is 12.2 Å². The third-order valence-electron chi connectivity index (χ3n) is 2.78. The normalized spacial score (nSPS) is 15.4. The van der Waals surface area contributed by atoms with Gasteiger partial charge in [-0.2, -0.15) is 0 Å². The van der Waals surface area contributed by atoms with Crippen LogP contribution in [0.25, 0.3) is 0 Å². The van der Waals surface area contributed by atoms with Gasteiger partial charge in [-0.05, 0) is 19.3 Å². The topological polar surface area (TPSA) is 84.5 Å². The van der Waals surface area contributed by atoms with Crippen LogP contribution in [0.3, 0.4) is 0 Å². The average Bonchev–Trinajstić information content (AvgIpc) is 2.86. The molecule has 0 aromatic carbocycles. The van der Waals surface area contributed by atoms with Crippen molar-refractivity contribution in [1.82, 2.24) is 10.6 Å². The fourth-order valence-corrected chi connectivity index (χ4v) is 1.85. The summed E-state index contributed by atoms with van der Waals surface area (Å²) in [5.74, 6) is -1.22. The average molecular weight is 268 g/mol. The SMILES string of the molecule is CC/C=C/C(=O)OCC(=O)NC(=O)NC1CCCC1. The summed E-state index contributed by atoms with van der Waals surface area (Å²) in [6, 6.07) is -0.389. The minimum absolute atomic E-state index is 0.142. The number of ether oxygens (including phenoxy) is 1. The van der Waals surface area contributed by atoms with Crippen molar-refractivity contribution in [1.29, 1.82) is 0 Å². The number of imide groups is 1. The van der Waals surface area contributed by atoms with E-state index in [4.69, 9.17) is 0 Å². The smallest absolute Gasteiger partial charge is 0.330 e. The highest BCUT2D eigenvalue weighted by Gasteiger charge is 2.18. The van der Waals surface area contributed by atoms with Crippen LogP contribution in [0.5, 0.6) is 0 Å². The van der Waals surface area contributed by atoms with E-state index in [9.17, 15) is 14.4 Å². The molecule has 1 fully saturated rings. The number of allylic oxidation sites excluding steroid dienone is 1. The second-order valence-electron chi connectivity index (χ2n) is 4.42. The van der Waals surface area contributed by atoms with E-state index in [1.54, 1.807) is 6.08 Å². The van der Waals surface area contributed by atoms with E-state index >= 15 is 0 Å². The predicted molar refractivity (Wildman–Crippen MR) is 69.3 cm³/mol. The molecule has 0 radical (unpaired) electrons. The van der Waals surface area contributed by atoms with Crippen LogP contribution in [0.4, 0.5) is 4.79 Å². The van der Waals surface area contributed by atoms with Gasteiger partial charge in [-0.1, -0.05) is 25.8 Å². The molecule has 0 atom stereocenters. The summed E-state index contributed by atoms with van der Waals surface area (Å²) in [6.45, 7) is 1.43. The van der Waals surface area contributed by atoms with E-state index in [1.165, 1.54) is 6.08 Å². The lowest BCUT2D eigenvalue weighted by molar-refractivity contribution is -0.143. The number of nitrogens with one attached hydrogen (secondary N) is 2. The Balaban J connectivity index is 2.17. The Bertz CT molecular complexity index is 360. The molecule has 0 aliphatic heterocycles. The molecule has 0 saturated heterocycles. The lowest BCUT2D eigenvalue weighted by atomic mass is 10.2. The van der Waals surface area contributed by atoms with Crippen LogP contribution in [-0.2, 0) is 14.3 Å². The minimum atomic E-state index is -0.631. The van der Waals surface area contributed by atoms with Crippen LogP contribution >= 0.6 is 0 Å². The van der Waals surface area contributed by atoms with E-state index in [1.807, 2.05) is 6.92 Å². The van der Waals surface area contributed by atoms with Gasteiger partial charge in [0.2, 0.25) is 0 Å². The van der Waals surface area contributed by atoms with Crippen LogP contribution in [0.15, 0.2) is 12.2 Å². The molecule has 0 spiro atoms. The zero-order valence-corrected chi connectivity index (χ0v) is 11.1. The first-order valence-corrected chi connectivity index (χ1v) is 6.55. The van der Waals surface area contributed by atoms with Crippen LogP contribution < -0.4 is 10.6 Å². The fraction of sp³-hybridized carbons (Fsp3) is 0.615. The maximum absolute atomic E-state index is 11.4. The number of urea groups is 1. The number of rotatable bonds is 5. The minimum Gasteiger partial charge on any atom is -0.452 e. The van der Waals surface area contributed by atoms with Crippen LogP contribution in [0, 0.1) is 0 Å². The lowest BCUT2D eigenvalue weighted by Gasteiger charge is -2.12. The van der Waals surface area contributed by atoms with Gasteiger partial charge in [0.1, 0.15) is 0 Å². The molecule has 3 amide bonds. The third kappa shape index (κ3) is 6.59. The number of carbonyl (C=O) groups excluding carboxylic acids is 3. The molecule has 0 aromatic heterocycles. The van der Waals surface area contributed by atoms with E-state index in [0.29, 0.717) is 6.42 Å². The van der Waals surface area contributed by atoms with Gasteiger partial charge in [0.25, 0.3) is 5.91 Å². The first-order chi connectivity index (χ1) is 9.11. The fourth-order valence-electron chi connectivity index (χ4n) is 1.85. The van der Waals surface area contributed by atoms with Gasteiger partial charge in [-0.15, -0.1) is 0 Å². The molecule has 106 valence electrons. The molecule has 0 bridgehead atoms. The monoisotopic (exact) mass is 268 g/mol. The molecule has 0 aromatic rings. The molecule has 2 N–H and O–H groups in total. The molecule has 1 saturated carbocycles. The van der Waals surface area contributed by atoms with Crippen LogP contribution in [-0.4, -0.2) is 30.6 Å². The molecule has 0 unspecified atom stereocenters. The first-order valence-electron chi connectivity index (χ1n) is 6.55. The highest BCUT2D eigenvalue weighted by Crippen LogP contribution is 2.17. The van der Waals surface area contributed by atoms with Gasteiger partial charge in [-0.3, -0.25) is 10.1 Å². The van der Waals surface area contributed by atoms with Crippen LogP contribution in [0.2, 0.25) is 0 Å². The van der Waals surface area contributed by atoms with Gasteiger partial charge in [0, 0.05) is 12.1 Å². The first kappa shape index (κ1) is 15.2. The molecule has 1 rings (SSSR count). The lowest BCUT2D eigenvalue weighted by Crippen LogP contribution is -2.44. The Morgan fingerprint density at radius 2 is 1.95 bits per heavy atom. The van der Waals surface area contributed by atoms with Crippen molar-refractivity contribution in [2.45, 2.75) is 45.1 Å². The second-order valence-corrected chi connectivity index (χ2v) is 4.42. The van der Waals surface area contributed by atoms with Crippen molar-refractivity contribution < 1.29 is 19.1 Å². The van der Waals surface area contributed by atoms with Crippen molar-refractivity contribution in [2.75, 3.05) is 6.61 Å². The predicted octanol–water partition coefficient (Wildman–Crippen LogP) is 1.26. The van der Waals surface area contributed by atoms with E-state index in [2.05, 4.69) is 15.4 Å². The maximum atomic E-state index is 11.4. The van der Waals surface area contributed by atoms with E-state index in [-0.39, 0.29) is 6.04 Å². The van der Waals surface area contributed by atoms with Crippen molar-refractivity contribution in [2.24, 2.45) is 0 Å². The summed E-state index contributed by atoms with van der Waals surface area (Å²) in [6.07, 6.45) is 7.68. The summed E-state index contributed by atoms with van der Waals surface area (Å²) < 4.78 is 4.66. The van der Waals surface area contributed by atoms with Gasteiger partial charge in [0.15, 0.2) is 6.61 Å².